The second-order valence-corrected chi connectivity index (χ2v) is 5.68. The van der Waals surface area contributed by atoms with Crippen molar-refractivity contribution in [1.29, 1.82) is 0 Å². The van der Waals surface area contributed by atoms with Crippen molar-refractivity contribution in [2.75, 3.05) is 23.3 Å². The van der Waals surface area contributed by atoms with E-state index in [1.54, 1.807) is 24.4 Å². The van der Waals surface area contributed by atoms with E-state index in [4.69, 9.17) is 0 Å². The fourth-order valence-electron chi connectivity index (χ4n) is 2.80. The van der Waals surface area contributed by atoms with Gasteiger partial charge in [0.25, 0.3) is 0 Å². The molecule has 1 atom stereocenters. The van der Waals surface area contributed by atoms with E-state index in [-0.39, 0.29) is 11.5 Å². The van der Waals surface area contributed by atoms with Crippen LogP contribution in [0.1, 0.15) is 19.8 Å². The highest BCUT2D eigenvalue weighted by Crippen LogP contribution is 2.34. The lowest BCUT2D eigenvalue weighted by molar-refractivity contribution is -0.383. The van der Waals surface area contributed by atoms with Crippen molar-refractivity contribution < 1.29 is 4.92 Å². The maximum absolute atomic E-state index is 11.6. The van der Waals surface area contributed by atoms with Crippen molar-refractivity contribution in [3.05, 3.63) is 40.8 Å². The van der Waals surface area contributed by atoms with Gasteiger partial charge in [-0.3, -0.25) is 10.1 Å². The highest BCUT2D eigenvalue weighted by molar-refractivity contribution is 5.73. The number of pyridine rings is 1. The summed E-state index contributed by atoms with van der Waals surface area (Å²) in [6, 6.07) is 5.31. The smallest absolute Gasteiger partial charge is 0.350 e. The molecule has 1 unspecified atom stereocenters. The predicted molar refractivity (Wildman–Crippen MR) is 86.8 cm³/mol. The minimum Gasteiger partial charge on any atom is -0.350 e. The Morgan fingerprint density at radius 1 is 1.35 bits per heavy atom. The fraction of sp³-hybridized carbons (Fsp3) is 0.400. The zero-order valence-corrected chi connectivity index (χ0v) is 12.8. The lowest BCUT2D eigenvalue weighted by atomic mass is 10.0. The number of aromatic nitrogens is 3. The summed E-state index contributed by atoms with van der Waals surface area (Å²) in [5.41, 5.74) is -0.104. The Bertz CT molecular complexity index is 694. The van der Waals surface area contributed by atoms with Crippen LogP contribution in [0.3, 0.4) is 0 Å². The summed E-state index contributed by atoms with van der Waals surface area (Å²) in [6.07, 6.45) is 5.11. The van der Waals surface area contributed by atoms with Gasteiger partial charge in [0, 0.05) is 19.3 Å². The van der Waals surface area contributed by atoms with Crippen molar-refractivity contribution in [1.82, 2.24) is 15.0 Å². The maximum Gasteiger partial charge on any atom is 0.353 e. The van der Waals surface area contributed by atoms with Crippen LogP contribution in [0.15, 0.2) is 30.7 Å². The molecule has 1 saturated heterocycles. The Morgan fingerprint density at radius 3 is 2.91 bits per heavy atom. The van der Waals surface area contributed by atoms with Gasteiger partial charge >= 0.3 is 5.69 Å². The molecule has 8 heteroatoms. The van der Waals surface area contributed by atoms with Crippen LogP contribution >= 0.6 is 0 Å². The molecule has 23 heavy (non-hydrogen) atoms. The van der Waals surface area contributed by atoms with Gasteiger partial charge in [-0.05, 0) is 30.9 Å². The third-order valence-electron chi connectivity index (χ3n) is 3.85. The molecule has 0 radical (unpaired) electrons. The van der Waals surface area contributed by atoms with Crippen molar-refractivity contribution >= 4 is 23.1 Å². The number of hydrogen-bond donors (Lipinski definition) is 1. The van der Waals surface area contributed by atoms with Crippen molar-refractivity contribution in [3.8, 4) is 0 Å². The van der Waals surface area contributed by atoms with Gasteiger partial charge in [0.15, 0.2) is 0 Å². The number of piperidine rings is 1. The largest absolute Gasteiger partial charge is 0.353 e. The van der Waals surface area contributed by atoms with E-state index in [9.17, 15) is 10.1 Å². The van der Waals surface area contributed by atoms with E-state index in [2.05, 4.69) is 27.2 Å². The molecule has 0 aromatic carbocycles. The Hall–Kier alpha value is -2.77. The average molecular weight is 314 g/mol. The minimum atomic E-state index is -0.431. The number of rotatable bonds is 4. The molecule has 2 aromatic heterocycles. The number of hydrogen-bond acceptors (Lipinski definition) is 7. The SMILES string of the molecule is CC1CCCN(c2ncnc(Nc3ccccn3)c2[N+](=O)[O-])C1. The second-order valence-electron chi connectivity index (χ2n) is 5.68. The number of nitrogens with zero attached hydrogens (tertiary/aromatic N) is 5. The molecule has 3 rings (SSSR count). The second kappa shape index (κ2) is 6.55. The fourth-order valence-corrected chi connectivity index (χ4v) is 2.80. The van der Waals surface area contributed by atoms with Crippen LogP contribution in [0.5, 0.6) is 0 Å². The molecule has 0 amide bonds. The Labute approximate surface area is 133 Å². The Kier molecular flexibility index (Phi) is 4.31. The number of anilines is 3. The van der Waals surface area contributed by atoms with Crippen molar-refractivity contribution in [3.63, 3.8) is 0 Å². The van der Waals surface area contributed by atoms with Crippen LogP contribution in [-0.4, -0.2) is 33.0 Å². The molecule has 2 aromatic rings. The quantitative estimate of drug-likeness (QED) is 0.684. The molecule has 1 N–H and O–H groups in total. The van der Waals surface area contributed by atoms with Crippen LogP contribution in [-0.2, 0) is 0 Å². The lowest BCUT2D eigenvalue weighted by Crippen LogP contribution is -2.35. The van der Waals surface area contributed by atoms with E-state index >= 15 is 0 Å². The summed E-state index contributed by atoms with van der Waals surface area (Å²) in [7, 11) is 0. The normalized spacial score (nSPS) is 17.8. The first kappa shape index (κ1) is 15.1. The molecule has 1 fully saturated rings. The number of nitro groups is 1. The molecule has 1 aliphatic rings. The molecule has 120 valence electrons. The molecule has 0 saturated carbocycles. The predicted octanol–water partition coefficient (Wildman–Crippen LogP) is 2.76. The summed E-state index contributed by atoms with van der Waals surface area (Å²) in [5, 5.41) is 14.5. The van der Waals surface area contributed by atoms with Crippen LogP contribution in [0.4, 0.5) is 23.1 Å². The zero-order chi connectivity index (χ0) is 16.2. The molecule has 0 spiro atoms. The first-order valence-corrected chi connectivity index (χ1v) is 7.57. The first-order valence-electron chi connectivity index (χ1n) is 7.57. The van der Waals surface area contributed by atoms with Crippen LogP contribution in [0, 0.1) is 16.0 Å². The summed E-state index contributed by atoms with van der Waals surface area (Å²) < 4.78 is 0. The maximum atomic E-state index is 11.6. The van der Waals surface area contributed by atoms with E-state index in [1.165, 1.54) is 6.33 Å². The minimum absolute atomic E-state index is 0.104. The first-order chi connectivity index (χ1) is 11.1. The Balaban J connectivity index is 1.97. The summed E-state index contributed by atoms with van der Waals surface area (Å²) in [4.78, 5) is 25.5. The van der Waals surface area contributed by atoms with E-state index in [0.29, 0.717) is 17.6 Å². The third-order valence-corrected chi connectivity index (χ3v) is 3.85. The van der Waals surface area contributed by atoms with Gasteiger partial charge in [-0.1, -0.05) is 13.0 Å². The van der Waals surface area contributed by atoms with Crippen LogP contribution in [0.2, 0.25) is 0 Å². The van der Waals surface area contributed by atoms with Crippen LogP contribution < -0.4 is 10.2 Å². The number of nitrogens with one attached hydrogen (secondary N) is 1. The monoisotopic (exact) mass is 314 g/mol. The molecular formula is C15H18N6O2. The van der Waals surface area contributed by atoms with E-state index < -0.39 is 4.92 Å². The van der Waals surface area contributed by atoms with Crippen molar-refractivity contribution in [2.45, 2.75) is 19.8 Å². The van der Waals surface area contributed by atoms with Crippen molar-refractivity contribution in [2.24, 2.45) is 5.92 Å². The molecule has 1 aliphatic heterocycles. The highest BCUT2D eigenvalue weighted by atomic mass is 16.6. The molecule has 0 bridgehead atoms. The third kappa shape index (κ3) is 3.36. The topological polar surface area (TPSA) is 97.1 Å². The molecule has 3 heterocycles. The standard InChI is InChI=1S/C15H18N6O2/c1-11-5-4-8-20(9-11)15-13(21(22)23)14(17-10-18-15)19-12-6-2-3-7-16-12/h2-3,6-7,10-11H,4-5,8-9H2,1H3,(H,16,17,18,19). The van der Waals surface area contributed by atoms with Crippen LogP contribution in [0.25, 0.3) is 0 Å². The van der Waals surface area contributed by atoms with Gasteiger partial charge < -0.3 is 10.2 Å². The van der Waals surface area contributed by atoms with Gasteiger partial charge in [-0.15, -0.1) is 0 Å². The summed E-state index contributed by atoms with van der Waals surface area (Å²) >= 11 is 0. The zero-order valence-electron chi connectivity index (χ0n) is 12.8. The van der Waals surface area contributed by atoms with E-state index in [0.717, 1.165) is 25.9 Å². The lowest BCUT2D eigenvalue weighted by Gasteiger charge is -2.31. The summed E-state index contributed by atoms with van der Waals surface area (Å²) in [5.74, 6) is 1.53. The van der Waals surface area contributed by atoms with Gasteiger partial charge in [0.2, 0.25) is 11.6 Å². The van der Waals surface area contributed by atoms with Gasteiger partial charge in [-0.25, -0.2) is 15.0 Å². The molecule has 0 aliphatic carbocycles. The van der Waals surface area contributed by atoms with E-state index in [1.807, 2.05) is 4.90 Å². The molecule has 8 nitrogen and oxygen atoms in total. The summed E-state index contributed by atoms with van der Waals surface area (Å²) in [6.45, 7) is 3.68. The van der Waals surface area contributed by atoms with Gasteiger partial charge in [-0.2, -0.15) is 0 Å². The van der Waals surface area contributed by atoms with Gasteiger partial charge in [0.05, 0.1) is 4.92 Å². The Morgan fingerprint density at radius 2 is 2.22 bits per heavy atom. The molecular weight excluding hydrogens is 296 g/mol. The highest BCUT2D eigenvalue weighted by Gasteiger charge is 2.29. The average Bonchev–Trinajstić information content (AvgIpc) is 2.55. The van der Waals surface area contributed by atoms with Gasteiger partial charge in [0.1, 0.15) is 12.1 Å².